The van der Waals surface area contributed by atoms with Crippen molar-refractivity contribution in [1.29, 1.82) is 0 Å². The molecule has 0 aromatic carbocycles. The molecule has 21 nitrogen and oxygen atoms in total. The van der Waals surface area contributed by atoms with Gasteiger partial charge in [0.25, 0.3) is 0 Å². The molecule has 2 aliphatic heterocycles. The Bertz CT molecular complexity index is 1360. The summed E-state index contributed by atoms with van der Waals surface area (Å²) < 4.78 is 59.4. The molecule has 192 valence electrons. The number of ether oxygens (including phenoxy) is 2. The first-order valence-electron chi connectivity index (χ1n) is 9.03. The molecule has 2 aromatic rings. The van der Waals surface area contributed by atoms with Gasteiger partial charge in [-0.15, -0.1) is 0 Å². The van der Waals surface area contributed by atoms with Gasteiger partial charge in [-0.05, 0) is 5.53 Å². The maximum atomic E-state index is 12.2. The summed E-state index contributed by atoms with van der Waals surface area (Å²) in [6, 6.07) is -1.15. The second kappa shape index (κ2) is 8.72. The molecular formula is C11H16N9O12P3. The number of azide groups is 1. The van der Waals surface area contributed by atoms with E-state index in [-0.39, 0.29) is 29.5 Å². The molecule has 0 amide bonds. The Morgan fingerprint density at radius 2 is 1.94 bits per heavy atom. The van der Waals surface area contributed by atoms with E-state index in [0.717, 1.165) is 0 Å². The van der Waals surface area contributed by atoms with Crippen LogP contribution in [0.25, 0.3) is 21.6 Å². The maximum Gasteiger partial charge on any atom is 0.490 e. The number of nitrogens with two attached hydrogens (primary N) is 2. The van der Waals surface area contributed by atoms with Gasteiger partial charge in [0.15, 0.2) is 17.7 Å². The third-order valence-corrected chi connectivity index (χ3v) is 8.59. The average Bonchev–Trinajstić information content (AvgIpc) is 3.34. The monoisotopic (exact) mass is 559 g/mol. The van der Waals surface area contributed by atoms with Crippen molar-refractivity contribution in [2.24, 2.45) is 5.11 Å². The Kier molecular flexibility index (Phi) is 6.45. The zero-order chi connectivity index (χ0) is 25.8. The quantitative estimate of drug-likeness (QED) is 0.0991. The molecule has 2 fully saturated rings. The normalized spacial score (nSPS) is 29.5. The highest BCUT2D eigenvalue weighted by Crippen LogP contribution is 2.66. The Morgan fingerprint density at radius 1 is 1.23 bits per heavy atom. The second-order valence-corrected chi connectivity index (χ2v) is 11.6. The van der Waals surface area contributed by atoms with Gasteiger partial charge < -0.3 is 40.5 Å². The van der Waals surface area contributed by atoms with Crippen molar-refractivity contribution in [2.75, 3.05) is 24.7 Å². The van der Waals surface area contributed by atoms with Crippen LogP contribution in [-0.4, -0.2) is 70.1 Å². The fourth-order valence-electron chi connectivity index (χ4n) is 3.60. The Hall–Kier alpha value is -2.21. The number of fused-ring (bicyclic) bond motifs is 3. The van der Waals surface area contributed by atoms with E-state index in [1.54, 1.807) is 0 Å². The van der Waals surface area contributed by atoms with E-state index in [9.17, 15) is 23.5 Å². The van der Waals surface area contributed by atoms with Crippen molar-refractivity contribution < 1.29 is 55.9 Å². The van der Waals surface area contributed by atoms with Gasteiger partial charge in [0.05, 0.1) is 19.5 Å². The van der Waals surface area contributed by atoms with Gasteiger partial charge in [0.1, 0.15) is 23.3 Å². The van der Waals surface area contributed by atoms with Crippen LogP contribution in [0.15, 0.2) is 11.4 Å². The number of aromatic nitrogens is 4. The number of hydrogen-bond acceptors (Lipinski definition) is 14. The zero-order valence-corrected chi connectivity index (χ0v) is 19.6. The van der Waals surface area contributed by atoms with Gasteiger partial charge in [-0.1, -0.05) is 5.11 Å². The topological polar surface area (TPSA) is 323 Å². The summed E-state index contributed by atoms with van der Waals surface area (Å²) in [7, 11) is -16.8. The fourth-order valence-corrected chi connectivity index (χ4v) is 6.68. The Balaban J connectivity index is 1.59. The number of imidazole rings is 1. The van der Waals surface area contributed by atoms with Gasteiger partial charge in [-0.3, -0.25) is 9.09 Å². The summed E-state index contributed by atoms with van der Waals surface area (Å²) in [4.78, 5) is 50.9. The molecular weight excluding hydrogens is 543 g/mol. The molecule has 3 unspecified atom stereocenters. The lowest BCUT2D eigenvalue weighted by Gasteiger charge is -2.31. The first-order valence-corrected chi connectivity index (χ1v) is 13.5. The van der Waals surface area contributed by atoms with Crippen molar-refractivity contribution in [3.8, 4) is 0 Å². The van der Waals surface area contributed by atoms with Crippen LogP contribution in [0.2, 0.25) is 0 Å². The minimum atomic E-state index is -5.74. The number of nitrogens with zero attached hydrogens (tertiary/aromatic N) is 7. The van der Waals surface area contributed by atoms with E-state index in [4.69, 9.17) is 40.8 Å². The second-order valence-electron chi connectivity index (χ2n) is 7.15. The predicted molar refractivity (Wildman–Crippen MR) is 109 cm³/mol. The molecule has 0 spiro atoms. The van der Waals surface area contributed by atoms with Gasteiger partial charge in [0, 0.05) is 4.91 Å². The van der Waals surface area contributed by atoms with Crippen LogP contribution in [0.1, 0.15) is 6.23 Å². The van der Waals surface area contributed by atoms with Crippen molar-refractivity contribution in [3.63, 3.8) is 0 Å². The summed E-state index contributed by atoms with van der Waals surface area (Å²) >= 11 is 0. The molecule has 0 radical (unpaired) electrons. The van der Waals surface area contributed by atoms with Crippen LogP contribution in [-0.2, 0) is 36.3 Å². The van der Waals surface area contributed by atoms with Crippen molar-refractivity contribution in [2.45, 2.75) is 24.0 Å². The minimum Gasteiger partial charge on any atom is -0.382 e. The molecule has 4 heterocycles. The number of rotatable bonds is 9. The minimum absolute atomic E-state index is 0.0238. The van der Waals surface area contributed by atoms with E-state index in [1.165, 1.54) is 10.9 Å². The van der Waals surface area contributed by atoms with E-state index in [2.05, 4.69) is 33.6 Å². The number of nitrogen functional groups attached to an aromatic ring is 2. The van der Waals surface area contributed by atoms with E-state index in [1.807, 2.05) is 0 Å². The van der Waals surface area contributed by atoms with Crippen LogP contribution in [0.5, 0.6) is 0 Å². The highest BCUT2D eigenvalue weighted by atomic mass is 31.3. The standard InChI is InChI=1S/C11H16N9O12P3/c12-7-4-8(17-10(13)16-7)20(3-15-4)9-5-6(18-19-14)11(30-9,1-28-5)2-29-34(24,25)32-35(26,27)31-33(21,22)23/h3,5-6,9H,1-2H2,(H,24,25)(H,26,27)(H2,21,22,23)(H4,12,13,16,17)/t5-,6?,9-,11-/m1/s1. The fraction of sp³-hybridized carbons (Fsp3) is 0.545. The number of phosphoric ester groups is 1. The largest absolute Gasteiger partial charge is 0.490 e. The smallest absolute Gasteiger partial charge is 0.382 e. The molecule has 0 aliphatic carbocycles. The van der Waals surface area contributed by atoms with Crippen LogP contribution in [0, 0.1) is 0 Å². The molecule has 35 heavy (non-hydrogen) atoms. The SMILES string of the molecule is [N-]=[N+]=NC1[C@H]2OC[C@]1(COP(=O)(O)OP(=O)(O)OP(=O)(O)O)O[C@H]2n1cnc2c(N)nc(N)nc21. The Labute approximate surface area is 193 Å². The molecule has 2 aliphatic rings. The molecule has 4 rings (SSSR count). The van der Waals surface area contributed by atoms with Crippen LogP contribution in [0.4, 0.5) is 11.8 Å². The third-order valence-electron chi connectivity index (χ3n) is 4.81. The zero-order valence-electron chi connectivity index (χ0n) is 16.9. The molecule has 2 aromatic heterocycles. The number of hydrogen-bond donors (Lipinski definition) is 6. The summed E-state index contributed by atoms with van der Waals surface area (Å²) in [6.07, 6.45) is -0.791. The highest BCUT2D eigenvalue weighted by molar-refractivity contribution is 7.66. The van der Waals surface area contributed by atoms with Crippen molar-refractivity contribution >= 4 is 46.4 Å². The molecule has 6 atom stereocenters. The van der Waals surface area contributed by atoms with Crippen LogP contribution in [0.3, 0.4) is 0 Å². The molecule has 2 saturated heterocycles. The van der Waals surface area contributed by atoms with E-state index in [0.29, 0.717) is 0 Å². The summed E-state index contributed by atoms with van der Waals surface area (Å²) in [5.74, 6) is -0.195. The van der Waals surface area contributed by atoms with Gasteiger partial charge in [-0.25, -0.2) is 18.7 Å². The van der Waals surface area contributed by atoms with E-state index < -0.39 is 54.0 Å². The first kappa shape index (κ1) is 25.9. The van der Waals surface area contributed by atoms with Crippen LogP contribution < -0.4 is 11.5 Å². The third kappa shape index (κ3) is 5.18. The molecule has 24 heteroatoms. The average molecular weight is 559 g/mol. The number of phosphoric acid groups is 3. The molecule has 8 N–H and O–H groups in total. The van der Waals surface area contributed by atoms with Crippen molar-refractivity contribution in [1.82, 2.24) is 19.5 Å². The molecule has 0 saturated carbocycles. The lowest BCUT2D eigenvalue weighted by atomic mass is 9.98. The van der Waals surface area contributed by atoms with Crippen molar-refractivity contribution in [3.05, 3.63) is 16.8 Å². The lowest BCUT2D eigenvalue weighted by Crippen LogP contribution is -2.44. The lowest BCUT2D eigenvalue weighted by molar-refractivity contribution is -0.181. The highest BCUT2D eigenvalue weighted by Gasteiger charge is 2.63. The number of anilines is 2. The van der Waals surface area contributed by atoms with Gasteiger partial charge in [-0.2, -0.15) is 18.6 Å². The van der Waals surface area contributed by atoms with Gasteiger partial charge >= 0.3 is 23.5 Å². The predicted octanol–water partition coefficient (Wildman–Crippen LogP) is -0.321. The maximum absolute atomic E-state index is 12.2. The van der Waals surface area contributed by atoms with E-state index >= 15 is 0 Å². The Morgan fingerprint density at radius 3 is 2.60 bits per heavy atom. The van der Waals surface area contributed by atoms with Crippen LogP contribution >= 0.6 is 23.5 Å². The summed E-state index contributed by atoms with van der Waals surface area (Å²) in [5.41, 5.74) is 19.0. The van der Waals surface area contributed by atoms with Gasteiger partial charge in [0.2, 0.25) is 5.95 Å². The summed E-state index contributed by atoms with van der Waals surface area (Å²) in [5, 5.41) is 3.61. The summed E-state index contributed by atoms with van der Waals surface area (Å²) in [6.45, 7) is -1.22. The first-order chi connectivity index (χ1) is 16.2. The molecule has 2 bridgehead atoms.